The van der Waals surface area contributed by atoms with Gasteiger partial charge in [0.15, 0.2) is 0 Å². The van der Waals surface area contributed by atoms with E-state index in [0.29, 0.717) is 0 Å². The fourth-order valence-corrected chi connectivity index (χ4v) is 3.07. The average Bonchev–Trinajstić information content (AvgIpc) is 2.37. The first-order valence-electron chi connectivity index (χ1n) is 7.24. The number of amides is 1. The van der Waals surface area contributed by atoms with E-state index in [2.05, 4.69) is 15.5 Å². The summed E-state index contributed by atoms with van der Waals surface area (Å²) in [6.07, 6.45) is 2.13. The second-order valence-electron chi connectivity index (χ2n) is 5.60. The number of para-hydroxylation sites is 1. The highest BCUT2D eigenvalue weighted by Crippen LogP contribution is 2.27. The number of piperidine rings is 1. The van der Waals surface area contributed by atoms with Crippen LogP contribution in [-0.4, -0.2) is 38.1 Å². The molecular formula is C15H21Cl2N3O. The minimum absolute atomic E-state index is 0. The third kappa shape index (κ3) is 3.82. The van der Waals surface area contributed by atoms with E-state index in [0.717, 1.165) is 49.7 Å². The van der Waals surface area contributed by atoms with Gasteiger partial charge in [-0.25, -0.2) is 0 Å². The van der Waals surface area contributed by atoms with Gasteiger partial charge in [-0.05, 0) is 25.0 Å². The molecule has 2 heterocycles. The number of anilines is 1. The van der Waals surface area contributed by atoms with Crippen LogP contribution in [0.3, 0.4) is 0 Å². The summed E-state index contributed by atoms with van der Waals surface area (Å²) in [6, 6.07) is 8.14. The van der Waals surface area contributed by atoms with E-state index >= 15 is 0 Å². The fraction of sp³-hybridized carbons (Fsp3) is 0.533. The number of rotatable bonds is 3. The fourth-order valence-electron chi connectivity index (χ4n) is 2.82. The molecule has 116 valence electrons. The first kappa shape index (κ1) is 16.4. The number of nitrogens with one attached hydrogen (secondary N) is 2. The molecule has 21 heavy (non-hydrogen) atoms. The lowest BCUT2D eigenvalue weighted by Gasteiger charge is -2.36. The zero-order valence-corrected chi connectivity index (χ0v) is 13.4. The van der Waals surface area contributed by atoms with Crippen LogP contribution in [0.15, 0.2) is 24.3 Å². The monoisotopic (exact) mass is 329 g/mol. The van der Waals surface area contributed by atoms with Crippen molar-refractivity contribution in [3.8, 4) is 0 Å². The van der Waals surface area contributed by atoms with E-state index in [1.54, 1.807) is 0 Å². The van der Waals surface area contributed by atoms with Crippen molar-refractivity contribution in [3.05, 3.63) is 29.3 Å². The molecule has 1 aromatic rings. The average molecular weight is 330 g/mol. The van der Waals surface area contributed by atoms with Crippen molar-refractivity contribution >= 4 is 35.6 Å². The predicted octanol–water partition coefficient (Wildman–Crippen LogP) is 2.07. The van der Waals surface area contributed by atoms with Crippen LogP contribution in [0.1, 0.15) is 12.8 Å². The topological polar surface area (TPSA) is 44.4 Å². The van der Waals surface area contributed by atoms with E-state index in [4.69, 9.17) is 11.6 Å². The highest BCUT2D eigenvalue weighted by Gasteiger charge is 2.28. The van der Waals surface area contributed by atoms with Crippen LogP contribution in [0.4, 0.5) is 5.69 Å². The third-order valence-electron chi connectivity index (χ3n) is 4.11. The van der Waals surface area contributed by atoms with Gasteiger partial charge in [-0.2, -0.15) is 0 Å². The van der Waals surface area contributed by atoms with Gasteiger partial charge in [-0.1, -0.05) is 23.7 Å². The number of carbonyl (C=O) groups excluding carboxylic acids is 1. The van der Waals surface area contributed by atoms with Crippen molar-refractivity contribution in [2.75, 3.05) is 31.1 Å². The molecule has 0 radical (unpaired) electrons. The molecule has 0 aliphatic carbocycles. The van der Waals surface area contributed by atoms with Gasteiger partial charge in [-0.15, -0.1) is 12.4 Å². The molecule has 6 heteroatoms. The molecule has 1 atom stereocenters. The van der Waals surface area contributed by atoms with Gasteiger partial charge in [0.25, 0.3) is 0 Å². The Labute approximate surface area is 136 Å². The Morgan fingerprint density at radius 3 is 2.76 bits per heavy atom. The van der Waals surface area contributed by atoms with Crippen LogP contribution in [-0.2, 0) is 4.79 Å². The minimum atomic E-state index is 0. The maximum absolute atomic E-state index is 12.0. The molecule has 0 saturated carbocycles. The van der Waals surface area contributed by atoms with Gasteiger partial charge in [-0.3, -0.25) is 4.79 Å². The van der Waals surface area contributed by atoms with Crippen LogP contribution >= 0.6 is 24.0 Å². The summed E-state index contributed by atoms with van der Waals surface area (Å²) >= 11 is 6.26. The van der Waals surface area contributed by atoms with Gasteiger partial charge in [0.2, 0.25) is 5.91 Å². The summed E-state index contributed by atoms with van der Waals surface area (Å²) in [7, 11) is 0. The van der Waals surface area contributed by atoms with Crippen molar-refractivity contribution in [3.63, 3.8) is 0 Å². The number of benzene rings is 1. The second kappa shape index (κ2) is 7.34. The SMILES string of the molecule is Cl.O=C(NC1CCCN(c2ccccc2Cl)C1)C1CNC1. The van der Waals surface area contributed by atoms with Gasteiger partial charge in [0.05, 0.1) is 16.6 Å². The Bertz CT molecular complexity index is 494. The summed E-state index contributed by atoms with van der Waals surface area (Å²) < 4.78 is 0. The molecule has 1 aromatic carbocycles. The Morgan fingerprint density at radius 1 is 1.33 bits per heavy atom. The molecule has 4 nitrogen and oxygen atoms in total. The van der Waals surface area contributed by atoms with Crippen LogP contribution in [0, 0.1) is 5.92 Å². The maximum atomic E-state index is 12.0. The Morgan fingerprint density at radius 2 is 2.10 bits per heavy atom. The lowest BCUT2D eigenvalue weighted by atomic mass is 10.00. The smallest absolute Gasteiger partial charge is 0.225 e. The van der Waals surface area contributed by atoms with Crippen molar-refractivity contribution in [2.45, 2.75) is 18.9 Å². The zero-order chi connectivity index (χ0) is 13.9. The molecule has 0 bridgehead atoms. The summed E-state index contributed by atoms with van der Waals surface area (Å²) in [5.41, 5.74) is 1.07. The molecule has 2 aliphatic rings. The van der Waals surface area contributed by atoms with Crippen LogP contribution in [0.25, 0.3) is 0 Å². The third-order valence-corrected chi connectivity index (χ3v) is 4.43. The largest absolute Gasteiger partial charge is 0.368 e. The normalized spacial score (nSPS) is 22.1. The molecule has 1 amide bonds. The predicted molar refractivity (Wildman–Crippen MR) is 88.4 cm³/mol. The van der Waals surface area contributed by atoms with Crippen molar-refractivity contribution < 1.29 is 4.79 Å². The minimum Gasteiger partial charge on any atom is -0.368 e. The number of halogens is 2. The molecule has 1 unspecified atom stereocenters. The van der Waals surface area contributed by atoms with Crippen LogP contribution in [0.2, 0.25) is 5.02 Å². The molecule has 2 N–H and O–H groups in total. The molecular weight excluding hydrogens is 309 g/mol. The number of nitrogens with zero attached hydrogens (tertiary/aromatic N) is 1. The van der Waals surface area contributed by atoms with Crippen molar-refractivity contribution in [1.29, 1.82) is 0 Å². The summed E-state index contributed by atoms with van der Waals surface area (Å²) in [5, 5.41) is 7.09. The molecule has 2 saturated heterocycles. The summed E-state index contributed by atoms with van der Waals surface area (Å²) in [6.45, 7) is 3.47. The van der Waals surface area contributed by atoms with E-state index in [1.807, 2.05) is 24.3 Å². The van der Waals surface area contributed by atoms with E-state index in [9.17, 15) is 4.79 Å². The number of carbonyl (C=O) groups is 1. The molecule has 3 rings (SSSR count). The Hall–Kier alpha value is -0.970. The number of hydrogen-bond acceptors (Lipinski definition) is 3. The molecule has 0 aromatic heterocycles. The first-order valence-corrected chi connectivity index (χ1v) is 7.62. The standard InChI is InChI=1S/C15H20ClN3O.ClH/c16-13-5-1-2-6-14(13)19-7-3-4-12(10-19)18-15(20)11-8-17-9-11;/h1-2,5-6,11-12,17H,3-4,7-10H2,(H,18,20);1H. The zero-order valence-electron chi connectivity index (χ0n) is 11.8. The quantitative estimate of drug-likeness (QED) is 0.892. The van der Waals surface area contributed by atoms with E-state index in [1.165, 1.54) is 0 Å². The van der Waals surface area contributed by atoms with Gasteiger partial charge in [0.1, 0.15) is 0 Å². The van der Waals surface area contributed by atoms with Gasteiger partial charge in [0, 0.05) is 32.2 Å². The molecule has 2 aliphatic heterocycles. The van der Waals surface area contributed by atoms with E-state index in [-0.39, 0.29) is 30.3 Å². The van der Waals surface area contributed by atoms with Crippen LogP contribution in [0.5, 0.6) is 0 Å². The van der Waals surface area contributed by atoms with Crippen molar-refractivity contribution in [1.82, 2.24) is 10.6 Å². The lowest BCUT2D eigenvalue weighted by molar-refractivity contribution is -0.127. The van der Waals surface area contributed by atoms with E-state index < -0.39 is 0 Å². The summed E-state index contributed by atoms with van der Waals surface area (Å²) in [4.78, 5) is 14.3. The molecule has 2 fully saturated rings. The number of hydrogen-bond donors (Lipinski definition) is 2. The van der Waals surface area contributed by atoms with Gasteiger partial charge < -0.3 is 15.5 Å². The lowest BCUT2D eigenvalue weighted by Crippen LogP contribution is -2.55. The maximum Gasteiger partial charge on any atom is 0.225 e. The highest BCUT2D eigenvalue weighted by atomic mass is 35.5. The Balaban J connectivity index is 0.00000161. The highest BCUT2D eigenvalue weighted by molar-refractivity contribution is 6.33. The first-order chi connectivity index (χ1) is 9.74. The summed E-state index contributed by atoms with van der Waals surface area (Å²) in [5.74, 6) is 0.348. The Kier molecular flexibility index (Phi) is 5.73. The molecule has 0 spiro atoms. The van der Waals surface area contributed by atoms with Gasteiger partial charge >= 0.3 is 0 Å². The van der Waals surface area contributed by atoms with Crippen LogP contribution < -0.4 is 15.5 Å². The van der Waals surface area contributed by atoms with Crippen molar-refractivity contribution in [2.24, 2.45) is 5.92 Å². The second-order valence-corrected chi connectivity index (χ2v) is 6.01.